The summed E-state index contributed by atoms with van der Waals surface area (Å²) in [6.45, 7) is 5.42. The molecule has 0 bridgehead atoms. The summed E-state index contributed by atoms with van der Waals surface area (Å²) in [6, 6.07) is 3.72. The molecule has 8 heteroatoms. The van der Waals surface area contributed by atoms with E-state index in [1.54, 1.807) is 6.92 Å². The first-order valence-corrected chi connectivity index (χ1v) is 8.12. The molecule has 0 saturated carbocycles. The number of benzene rings is 1. The fourth-order valence-electron chi connectivity index (χ4n) is 1.86. The third kappa shape index (κ3) is 4.51. The van der Waals surface area contributed by atoms with E-state index in [0.717, 1.165) is 11.8 Å². The molecule has 0 aliphatic heterocycles. The van der Waals surface area contributed by atoms with Gasteiger partial charge in [0, 0.05) is 16.7 Å². The van der Waals surface area contributed by atoms with E-state index in [9.17, 15) is 13.6 Å². The lowest BCUT2D eigenvalue weighted by atomic mass is 10.1. The van der Waals surface area contributed by atoms with Gasteiger partial charge in [-0.15, -0.1) is 16.9 Å². The lowest BCUT2D eigenvalue weighted by Crippen LogP contribution is -2.15. The van der Waals surface area contributed by atoms with E-state index in [4.69, 9.17) is 4.42 Å². The monoisotopic (exact) mass is 341 g/mol. The third-order valence-corrected chi connectivity index (χ3v) is 4.22. The molecule has 1 heterocycles. The van der Waals surface area contributed by atoms with Crippen molar-refractivity contribution in [1.29, 1.82) is 0 Å². The van der Waals surface area contributed by atoms with Gasteiger partial charge in [-0.2, -0.15) is 0 Å². The number of nitrogens with zero attached hydrogens (tertiary/aromatic N) is 2. The van der Waals surface area contributed by atoms with Gasteiger partial charge in [0.1, 0.15) is 11.6 Å². The van der Waals surface area contributed by atoms with Crippen LogP contribution >= 0.6 is 11.8 Å². The highest BCUT2D eigenvalue weighted by atomic mass is 32.2. The zero-order chi connectivity index (χ0) is 17.0. The van der Waals surface area contributed by atoms with Crippen molar-refractivity contribution >= 4 is 23.7 Å². The smallest absolute Gasteiger partial charge is 0.322 e. The Bertz CT molecular complexity index is 671. The number of carbonyl (C=O) groups excluding carboxylic acids is 1. The number of anilines is 1. The summed E-state index contributed by atoms with van der Waals surface area (Å²) < 4.78 is 32.6. The molecule has 23 heavy (non-hydrogen) atoms. The largest absolute Gasteiger partial charge is 0.408 e. The average molecular weight is 341 g/mol. The van der Waals surface area contributed by atoms with Gasteiger partial charge < -0.3 is 4.42 Å². The Hall–Kier alpha value is -1.96. The van der Waals surface area contributed by atoms with E-state index >= 15 is 0 Å². The van der Waals surface area contributed by atoms with Gasteiger partial charge in [0.05, 0.1) is 5.75 Å². The second kappa shape index (κ2) is 7.54. The highest BCUT2D eigenvalue weighted by molar-refractivity contribution is 8.00. The first-order valence-electron chi connectivity index (χ1n) is 7.07. The maximum Gasteiger partial charge on any atom is 0.322 e. The fourth-order valence-corrected chi connectivity index (χ4v) is 2.72. The number of hydrogen-bond acceptors (Lipinski definition) is 5. The Morgan fingerprint density at radius 3 is 2.48 bits per heavy atom. The molecule has 0 spiro atoms. The van der Waals surface area contributed by atoms with Crippen molar-refractivity contribution < 1.29 is 18.0 Å². The molecule has 1 aromatic heterocycles. The second-order valence-corrected chi connectivity index (χ2v) is 6.57. The summed E-state index contributed by atoms with van der Waals surface area (Å²) in [7, 11) is 0. The van der Waals surface area contributed by atoms with Gasteiger partial charge in [-0.3, -0.25) is 10.1 Å². The number of rotatable bonds is 6. The van der Waals surface area contributed by atoms with Crippen molar-refractivity contribution in [3.05, 3.63) is 41.3 Å². The molecular formula is C15H17F2N3O2S. The van der Waals surface area contributed by atoms with Crippen LogP contribution in [0.4, 0.5) is 14.8 Å². The number of nitrogens with one attached hydrogen (secondary N) is 1. The molecule has 5 nitrogen and oxygen atoms in total. The Morgan fingerprint density at radius 1 is 1.26 bits per heavy atom. The van der Waals surface area contributed by atoms with E-state index in [2.05, 4.69) is 15.5 Å². The zero-order valence-corrected chi connectivity index (χ0v) is 13.8. The Labute approximate surface area is 136 Å². The lowest BCUT2D eigenvalue weighted by molar-refractivity contribution is -0.113. The molecule has 1 amide bonds. The Balaban J connectivity index is 1.91. The van der Waals surface area contributed by atoms with Gasteiger partial charge in [0.2, 0.25) is 11.8 Å². The van der Waals surface area contributed by atoms with Gasteiger partial charge in [-0.05, 0) is 19.1 Å². The summed E-state index contributed by atoms with van der Waals surface area (Å²) in [4.78, 5) is 11.8. The quantitative estimate of drug-likeness (QED) is 0.863. The van der Waals surface area contributed by atoms with Crippen LogP contribution in [0.2, 0.25) is 0 Å². The highest BCUT2D eigenvalue weighted by Gasteiger charge is 2.18. The second-order valence-electron chi connectivity index (χ2n) is 5.24. The Kier molecular flexibility index (Phi) is 5.70. The standard InChI is InChI=1S/C15H17F2N3O2S/c1-8(2)14-19-20-15(22-14)18-12(21)7-23-9(3)13-10(16)5-4-6-11(13)17/h4-6,8-9H,7H2,1-3H3,(H,18,20,21). The SMILES string of the molecule is CC(C)c1nnc(NC(=O)CSC(C)c2c(F)cccc2F)o1. The average Bonchev–Trinajstić information content (AvgIpc) is 2.93. The van der Waals surface area contributed by atoms with Gasteiger partial charge in [0.25, 0.3) is 0 Å². The summed E-state index contributed by atoms with van der Waals surface area (Å²) in [6.07, 6.45) is 0. The van der Waals surface area contributed by atoms with Gasteiger partial charge in [0.15, 0.2) is 0 Å². The minimum absolute atomic E-state index is 0.00827. The normalized spacial score (nSPS) is 12.4. The predicted octanol–water partition coefficient (Wildman–Crippen LogP) is 3.90. The van der Waals surface area contributed by atoms with Crippen molar-refractivity contribution in [2.75, 3.05) is 11.1 Å². The summed E-state index contributed by atoms with van der Waals surface area (Å²) in [5, 5.41) is 9.47. The zero-order valence-electron chi connectivity index (χ0n) is 13.0. The molecule has 1 unspecified atom stereocenters. The van der Waals surface area contributed by atoms with Crippen molar-refractivity contribution in [3.63, 3.8) is 0 Å². The van der Waals surface area contributed by atoms with Crippen molar-refractivity contribution in [2.45, 2.75) is 31.9 Å². The lowest BCUT2D eigenvalue weighted by Gasteiger charge is -2.12. The van der Waals surface area contributed by atoms with Crippen LogP contribution in [0.15, 0.2) is 22.6 Å². The van der Waals surface area contributed by atoms with Crippen LogP contribution in [0.25, 0.3) is 0 Å². The number of carbonyl (C=O) groups is 1. The maximum absolute atomic E-state index is 13.7. The van der Waals surface area contributed by atoms with Crippen LogP contribution in [0.3, 0.4) is 0 Å². The fraction of sp³-hybridized carbons (Fsp3) is 0.400. The summed E-state index contributed by atoms with van der Waals surface area (Å²) in [5.41, 5.74) is -0.0369. The first-order chi connectivity index (χ1) is 10.9. The number of aromatic nitrogens is 2. The summed E-state index contributed by atoms with van der Waals surface area (Å²) >= 11 is 1.12. The van der Waals surface area contributed by atoms with Gasteiger partial charge in [-0.1, -0.05) is 25.0 Å². The van der Waals surface area contributed by atoms with Gasteiger partial charge >= 0.3 is 6.01 Å². The third-order valence-electron chi connectivity index (χ3n) is 3.05. The molecule has 2 rings (SSSR count). The van der Waals surface area contributed by atoms with E-state index in [1.807, 2.05) is 13.8 Å². The van der Waals surface area contributed by atoms with E-state index in [-0.39, 0.29) is 29.2 Å². The van der Waals surface area contributed by atoms with E-state index in [1.165, 1.54) is 18.2 Å². The van der Waals surface area contributed by atoms with Crippen LogP contribution < -0.4 is 5.32 Å². The number of hydrogen-bond donors (Lipinski definition) is 1. The van der Waals surface area contributed by atoms with Crippen molar-refractivity contribution in [3.8, 4) is 0 Å². The molecular weight excluding hydrogens is 324 g/mol. The van der Waals surface area contributed by atoms with Crippen LogP contribution in [-0.4, -0.2) is 21.9 Å². The molecule has 1 atom stereocenters. The molecule has 0 aliphatic carbocycles. The van der Waals surface area contributed by atoms with E-state index in [0.29, 0.717) is 5.89 Å². The molecule has 1 aromatic carbocycles. The van der Waals surface area contributed by atoms with Gasteiger partial charge in [-0.25, -0.2) is 8.78 Å². The Morgan fingerprint density at radius 2 is 1.91 bits per heavy atom. The minimum atomic E-state index is -0.621. The van der Waals surface area contributed by atoms with Crippen LogP contribution in [-0.2, 0) is 4.79 Å². The van der Waals surface area contributed by atoms with Crippen LogP contribution in [0.1, 0.15) is 43.4 Å². The van der Waals surface area contributed by atoms with Crippen LogP contribution in [0.5, 0.6) is 0 Å². The molecule has 124 valence electrons. The molecule has 0 saturated heterocycles. The molecule has 0 aliphatic rings. The summed E-state index contributed by atoms with van der Waals surface area (Å²) in [5.74, 6) is -1.12. The molecule has 0 fully saturated rings. The molecule has 2 aromatic rings. The number of thioether (sulfide) groups is 1. The molecule has 0 radical (unpaired) electrons. The van der Waals surface area contributed by atoms with Crippen molar-refractivity contribution in [2.24, 2.45) is 0 Å². The number of amides is 1. The topological polar surface area (TPSA) is 68.0 Å². The molecule has 1 N–H and O–H groups in total. The number of halogens is 2. The predicted molar refractivity (Wildman–Crippen MR) is 84.2 cm³/mol. The van der Waals surface area contributed by atoms with Crippen LogP contribution in [0, 0.1) is 11.6 Å². The minimum Gasteiger partial charge on any atom is -0.408 e. The maximum atomic E-state index is 13.7. The van der Waals surface area contributed by atoms with Crippen molar-refractivity contribution in [1.82, 2.24) is 10.2 Å². The first kappa shape index (κ1) is 17.4. The highest BCUT2D eigenvalue weighted by Crippen LogP contribution is 2.31. The van der Waals surface area contributed by atoms with E-state index < -0.39 is 16.9 Å².